The summed E-state index contributed by atoms with van der Waals surface area (Å²) in [4.78, 5) is 19.1. The Hall–Kier alpha value is -4.13. The van der Waals surface area contributed by atoms with Crippen LogP contribution in [-0.4, -0.2) is 20.9 Å². The largest absolute Gasteiger partial charge is 0.512 e. The average molecular weight is 686 g/mol. The molecular formula is C30H22FIrN2O4-. The van der Waals surface area contributed by atoms with Crippen LogP contribution in [0.1, 0.15) is 19.5 Å². The summed E-state index contributed by atoms with van der Waals surface area (Å²) in [5.41, 5.74) is 5.15. The van der Waals surface area contributed by atoms with Crippen molar-refractivity contribution in [1.29, 1.82) is 0 Å². The first-order valence-corrected chi connectivity index (χ1v) is 11.5. The maximum absolute atomic E-state index is 13.2. The van der Waals surface area contributed by atoms with Crippen molar-refractivity contribution >= 4 is 38.8 Å². The molecule has 2 aromatic carbocycles. The van der Waals surface area contributed by atoms with E-state index in [0.717, 1.165) is 33.0 Å². The number of halogens is 1. The van der Waals surface area contributed by atoms with Crippen LogP contribution in [0.4, 0.5) is 4.39 Å². The van der Waals surface area contributed by atoms with Gasteiger partial charge in [-0.1, -0.05) is 10.9 Å². The van der Waals surface area contributed by atoms with E-state index in [2.05, 4.69) is 16.0 Å². The third-order valence-electron chi connectivity index (χ3n) is 5.64. The zero-order chi connectivity index (χ0) is 26.1. The number of ketones is 1. The first kappa shape index (κ1) is 26.9. The molecule has 0 bridgehead atoms. The molecule has 193 valence electrons. The monoisotopic (exact) mass is 686 g/mol. The van der Waals surface area contributed by atoms with Crippen LogP contribution in [-0.2, 0) is 24.9 Å². The van der Waals surface area contributed by atoms with Gasteiger partial charge in [-0.2, -0.15) is 0 Å². The number of carbonyl (C=O) groups excluding carboxylic acids is 1. The van der Waals surface area contributed by atoms with Crippen molar-refractivity contribution in [2.24, 2.45) is 0 Å². The molecule has 0 atom stereocenters. The second-order valence-electron chi connectivity index (χ2n) is 8.62. The molecule has 0 aliphatic heterocycles. The number of allylic oxidation sites excluding steroid dienone is 2. The fourth-order valence-corrected chi connectivity index (χ4v) is 4.03. The molecule has 4 aromatic heterocycles. The Morgan fingerprint density at radius 2 is 1.79 bits per heavy atom. The number of aryl methyl sites for hydroxylation is 1. The molecule has 1 radical (unpaired) electrons. The SMILES string of the molecule is CC(=O)/C=C(/C)O.Cc1ccc2c(n1)oc1c(-c3cc4oc(-c5ccc(F)cc5)cc4cn3)[c-]ccc12.[Ir]. The van der Waals surface area contributed by atoms with Crippen LogP contribution in [0, 0.1) is 18.8 Å². The molecule has 0 aliphatic carbocycles. The summed E-state index contributed by atoms with van der Waals surface area (Å²) in [5.74, 6) is 0.319. The molecule has 6 rings (SSSR count). The molecule has 0 amide bonds. The van der Waals surface area contributed by atoms with Gasteiger partial charge in [-0.3, -0.25) is 4.79 Å². The van der Waals surface area contributed by atoms with Gasteiger partial charge in [0.2, 0.25) is 5.71 Å². The molecule has 0 unspecified atom stereocenters. The van der Waals surface area contributed by atoms with Crippen LogP contribution >= 0.6 is 0 Å². The number of furan rings is 2. The first-order chi connectivity index (χ1) is 17.8. The van der Waals surface area contributed by atoms with E-state index in [0.29, 0.717) is 28.3 Å². The van der Waals surface area contributed by atoms with Crippen LogP contribution in [0.25, 0.3) is 55.6 Å². The topological polar surface area (TPSA) is 89.4 Å². The minimum Gasteiger partial charge on any atom is -0.512 e. The smallest absolute Gasteiger partial charge is 0.216 e. The number of fused-ring (bicyclic) bond motifs is 4. The van der Waals surface area contributed by atoms with Crippen LogP contribution in [0.2, 0.25) is 0 Å². The van der Waals surface area contributed by atoms with Gasteiger partial charge in [0, 0.05) is 54.4 Å². The fourth-order valence-electron chi connectivity index (χ4n) is 4.03. The van der Waals surface area contributed by atoms with E-state index in [1.54, 1.807) is 18.3 Å². The molecule has 38 heavy (non-hydrogen) atoms. The number of nitrogens with zero attached hydrogens (tertiary/aromatic N) is 2. The number of aromatic nitrogens is 2. The van der Waals surface area contributed by atoms with Crippen LogP contribution in [0.15, 0.2) is 87.5 Å². The Kier molecular flexibility index (Phi) is 7.86. The standard InChI is InChI=1S/C25H14FN2O2.C5H8O2.Ir/c1-14-5-10-19-18-3-2-4-20(24(18)30-25(19)28-14)21-12-23-16(13-27-21)11-22(29-23)15-6-8-17(26)9-7-15;1-4(6)3-5(2)7;/h2-3,5-13H,1H3;3,6H,1-2H3;/q-1;;/b;4-3-;. The number of carbonyl (C=O) groups is 1. The van der Waals surface area contributed by atoms with Crippen molar-refractivity contribution in [3.05, 3.63) is 96.3 Å². The van der Waals surface area contributed by atoms with Crippen LogP contribution in [0.3, 0.4) is 0 Å². The summed E-state index contributed by atoms with van der Waals surface area (Å²) in [5, 5.41) is 11.2. The van der Waals surface area contributed by atoms with E-state index in [1.807, 2.05) is 43.3 Å². The van der Waals surface area contributed by atoms with Crippen molar-refractivity contribution in [2.75, 3.05) is 0 Å². The zero-order valence-corrected chi connectivity index (χ0v) is 23.1. The van der Waals surface area contributed by atoms with Gasteiger partial charge in [0.25, 0.3) is 0 Å². The Morgan fingerprint density at radius 1 is 1.03 bits per heavy atom. The Bertz CT molecular complexity index is 1800. The molecule has 8 heteroatoms. The normalized spacial score (nSPS) is 11.3. The summed E-state index contributed by atoms with van der Waals surface area (Å²) in [6, 6.07) is 21.1. The van der Waals surface area contributed by atoms with E-state index in [-0.39, 0.29) is 37.5 Å². The zero-order valence-electron chi connectivity index (χ0n) is 20.7. The fraction of sp³-hybridized carbons (Fsp3) is 0.100. The number of benzene rings is 2. The van der Waals surface area contributed by atoms with Crippen LogP contribution in [0.5, 0.6) is 0 Å². The van der Waals surface area contributed by atoms with Gasteiger partial charge < -0.3 is 18.9 Å². The third kappa shape index (κ3) is 5.57. The predicted molar refractivity (Wildman–Crippen MR) is 141 cm³/mol. The van der Waals surface area contributed by atoms with Crippen LogP contribution < -0.4 is 0 Å². The maximum atomic E-state index is 13.2. The van der Waals surface area contributed by atoms with Crippen molar-refractivity contribution in [3.8, 4) is 22.6 Å². The number of aliphatic hydroxyl groups is 1. The maximum Gasteiger partial charge on any atom is 0.216 e. The van der Waals surface area contributed by atoms with Crippen molar-refractivity contribution in [3.63, 3.8) is 0 Å². The number of rotatable bonds is 3. The van der Waals surface area contributed by atoms with E-state index in [9.17, 15) is 9.18 Å². The number of aliphatic hydroxyl groups excluding tert-OH is 1. The van der Waals surface area contributed by atoms with E-state index in [1.165, 1.54) is 32.1 Å². The summed E-state index contributed by atoms with van der Waals surface area (Å²) < 4.78 is 25.3. The summed E-state index contributed by atoms with van der Waals surface area (Å²) >= 11 is 0. The van der Waals surface area contributed by atoms with Gasteiger partial charge in [0.1, 0.15) is 17.2 Å². The van der Waals surface area contributed by atoms with Gasteiger partial charge in [-0.05, 0) is 75.0 Å². The molecule has 6 nitrogen and oxygen atoms in total. The molecule has 0 fully saturated rings. The molecule has 0 saturated heterocycles. The summed E-state index contributed by atoms with van der Waals surface area (Å²) in [6.07, 6.45) is 2.93. The summed E-state index contributed by atoms with van der Waals surface area (Å²) in [6.45, 7) is 4.78. The third-order valence-corrected chi connectivity index (χ3v) is 5.64. The molecular weight excluding hydrogens is 664 g/mol. The molecule has 6 aromatic rings. The van der Waals surface area contributed by atoms with E-state index < -0.39 is 0 Å². The van der Waals surface area contributed by atoms with Gasteiger partial charge in [-0.15, -0.1) is 18.2 Å². The Labute approximate surface area is 231 Å². The van der Waals surface area contributed by atoms with Gasteiger partial charge in [0.15, 0.2) is 5.78 Å². The van der Waals surface area contributed by atoms with E-state index in [4.69, 9.17) is 13.9 Å². The minimum absolute atomic E-state index is 0. The average Bonchev–Trinajstić information content (AvgIpc) is 3.44. The number of pyridine rings is 2. The van der Waals surface area contributed by atoms with Crippen molar-refractivity contribution in [2.45, 2.75) is 20.8 Å². The Morgan fingerprint density at radius 3 is 2.47 bits per heavy atom. The first-order valence-electron chi connectivity index (χ1n) is 11.5. The molecule has 0 spiro atoms. The molecule has 0 saturated carbocycles. The molecule has 0 aliphatic rings. The second kappa shape index (κ2) is 11.1. The van der Waals surface area contributed by atoms with Crippen molar-refractivity contribution in [1.82, 2.24) is 9.97 Å². The molecule has 1 N–H and O–H groups in total. The Balaban J connectivity index is 0.000000375. The number of hydrogen-bond donors (Lipinski definition) is 1. The quantitative estimate of drug-likeness (QED) is 0.117. The minimum atomic E-state index is -0.280. The molecule has 4 heterocycles. The van der Waals surface area contributed by atoms with Gasteiger partial charge in [-0.25, -0.2) is 9.37 Å². The van der Waals surface area contributed by atoms with Crippen molar-refractivity contribution < 1.29 is 43.2 Å². The number of hydrogen-bond acceptors (Lipinski definition) is 6. The van der Waals surface area contributed by atoms with E-state index >= 15 is 0 Å². The predicted octanol–water partition coefficient (Wildman–Crippen LogP) is 7.74. The van der Waals surface area contributed by atoms with Gasteiger partial charge in [0.05, 0.1) is 11.3 Å². The second-order valence-corrected chi connectivity index (χ2v) is 8.62. The van der Waals surface area contributed by atoms with Gasteiger partial charge >= 0.3 is 0 Å². The summed E-state index contributed by atoms with van der Waals surface area (Å²) in [7, 11) is 0.